The number of hydrogen-bond acceptors (Lipinski definition) is 6. The van der Waals surface area contributed by atoms with Gasteiger partial charge in [-0.3, -0.25) is 4.72 Å². The number of fused-ring (bicyclic) bond motifs is 1. The SMILES string of the molecule is CS(=O)(=O)NC1=CC(c2ccccc2)C(Oc2ccc3nnc(Cl)n3n2)C=C1. The molecule has 0 radical (unpaired) electrons. The maximum atomic E-state index is 11.6. The lowest BCUT2D eigenvalue weighted by Gasteiger charge is -2.27. The molecule has 0 amide bonds. The molecule has 2 aromatic heterocycles. The standard InChI is InChI=1S/C18H16ClN5O3S/c1-28(25,26)23-13-7-8-15(14(11-13)12-5-3-2-4-6-12)27-17-10-9-16-20-21-18(19)24(16)22-17/h2-11,14-15,23H,1H3. The summed E-state index contributed by atoms with van der Waals surface area (Å²) in [6.07, 6.45) is 6.02. The zero-order chi connectivity index (χ0) is 19.7. The van der Waals surface area contributed by atoms with E-state index in [-0.39, 0.29) is 11.2 Å². The molecule has 1 aliphatic carbocycles. The zero-order valence-electron chi connectivity index (χ0n) is 14.7. The summed E-state index contributed by atoms with van der Waals surface area (Å²) < 4.78 is 33.2. The van der Waals surface area contributed by atoms with Crippen LogP contribution in [0.4, 0.5) is 0 Å². The Balaban J connectivity index is 1.66. The number of halogens is 1. The van der Waals surface area contributed by atoms with Crippen molar-refractivity contribution in [2.24, 2.45) is 0 Å². The molecule has 2 heterocycles. The minimum absolute atomic E-state index is 0.138. The predicted molar refractivity (Wildman–Crippen MR) is 105 cm³/mol. The normalized spacial score (nSPS) is 19.4. The van der Waals surface area contributed by atoms with Gasteiger partial charge in [-0.15, -0.1) is 15.3 Å². The molecule has 0 spiro atoms. The highest BCUT2D eigenvalue weighted by Crippen LogP contribution is 2.30. The number of ether oxygens (including phenoxy) is 1. The van der Waals surface area contributed by atoms with Gasteiger partial charge in [-0.2, -0.15) is 4.52 Å². The number of nitrogens with zero attached hydrogens (tertiary/aromatic N) is 4. The van der Waals surface area contributed by atoms with E-state index in [0.717, 1.165) is 11.8 Å². The van der Waals surface area contributed by atoms with E-state index in [9.17, 15) is 8.42 Å². The molecule has 0 saturated heterocycles. The Labute approximate surface area is 166 Å². The molecule has 10 heteroatoms. The maximum Gasteiger partial charge on any atom is 0.246 e. The van der Waals surface area contributed by atoms with Crippen molar-refractivity contribution >= 4 is 27.3 Å². The van der Waals surface area contributed by atoms with Crippen LogP contribution in [0.15, 0.2) is 66.4 Å². The lowest BCUT2D eigenvalue weighted by Crippen LogP contribution is -2.29. The van der Waals surface area contributed by atoms with Crippen LogP contribution in [0.25, 0.3) is 5.65 Å². The second-order valence-corrected chi connectivity index (χ2v) is 8.37. The highest BCUT2D eigenvalue weighted by Gasteiger charge is 2.26. The molecule has 1 aliphatic rings. The molecule has 0 bridgehead atoms. The fourth-order valence-electron chi connectivity index (χ4n) is 2.97. The fraction of sp³-hybridized carbons (Fsp3) is 0.167. The highest BCUT2D eigenvalue weighted by atomic mass is 35.5. The molecule has 4 rings (SSSR count). The molecule has 144 valence electrons. The van der Waals surface area contributed by atoms with Gasteiger partial charge in [-0.25, -0.2) is 8.42 Å². The summed E-state index contributed by atoms with van der Waals surface area (Å²) in [7, 11) is -3.38. The van der Waals surface area contributed by atoms with Crippen molar-refractivity contribution in [1.29, 1.82) is 0 Å². The van der Waals surface area contributed by atoms with Crippen molar-refractivity contribution < 1.29 is 13.2 Å². The average molecular weight is 418 g/mol. The number of sulfonamides is 1. The minimum Gasteiger partial charge on any atom is -0.468 e. The molecular formula is C18H16ClN5O3S. The summed E-state index contributed by atoms with van der Waals surface area (Å²) in [5.41, 5.74) is 1.98. The Morgan fingerprint density at radius 2 is 1.93 bits per heavy atom. The summed E-state index contributed by atoms with van der Waals surface area (Å²) in [5.74, 6) is 0.127. The van der Waals surface area contributed by atoms with Crippen LogP contribution in [0.5, 0.6) is 5.88 Å². The summed E-state index contributed by atoms with van der Waals surface area (Å²) >= 11 is 5.98. The van der Waals surface area contributed by atoms with Gasteiger partial charge < -0.3 is 4.74 Å². The quantitative estimate of drug-likeness (QED) is 0.684. The van der Waals surface area contributed by atoms with Crippen LogP contribution in [-0.2, 0) is 10.0 Å². The minimum atomic E-state index is -3.38. The van der Waals surface area contributed by atoms with Gasteiger partial charge >= 0.3 is 0 Å². The molecule has 1 N–H and O–H groups in total. The molecule has 3 aromatic rings. The second kappa shape index (κ2) is 7.25. The van der Waals surface area contributed by atoms with Crippen molar-refractivity contribution in [2.45, 2.75) is 12.0 Å². The van der Waals surface area contributed by atoms with Gasteiger partial charge in [0.15, 0.2) is 5.65 Å². The van der Waals surface area contributed by atoms with E-state index in [2.05, 4.69) is 20.0 Å². The van der Waals surface area contributed by atoms with Gasteiger partial charge in [-0.05, 0) is 41.5 Å². The number of hydrogen-bond donors (Lipinski definition) is 1. The smallest absolute Gasteiger partial charge is 0.246 e. The Morgan fingerprint density at radius 1 is 1.14 bits per heavy atom. The van der Waals surface area contributed by atoms with E-state index in [1.807, 2.05) is 36.4 Å². The van der Waals surface area contributed by atoms with Crippen molar-refractivity contribution in [3.63, 3.8) is 0 Å². The molecule has 0 saturated carbocycles. The molecule has 1 aromatic carbocycles. The second-order valence-electron chi connectivity index (χ2n) is 6.28. The summed E-state index contributed by atoms with van der Waals surface area (Å²) in [6, 6.07) is 13.1. The first-order chi connectivity index (χ1) is 13.4. The van der Waals surface area contributed by atoms with Crippen LogP contribution in [0, 0.1) is 0 Å². The van der Waals surface area contributed by atoms with E-state index < -0.39 is 16.1 Å². The number of allylic oxidation sites excluding steroid dienone is 1. The monoisotopic (exact) mass is 417 g/mol. The number of aromatic nitrogens is 4. The Bertz CT molecular complexity index is 1170. The first-order valence-corrected chi connectivity index (χ1v) is 10.6. The van der Waals surface area contributed by atoms with Gasteiger partial charge in [0.1, 0.15) is 6.10 Å². The van der Waals surface area contributed by atoms with Crippen LogP contribution >= 0.6 is 11.6 Å². The maximum absolute atomic E-state index is 11.6. The summed E-state index contributed by atoms with van der Waals surface area (Å²) in [6.45, 7) is 0. The Morgan fingerprint density at radius 3 is 2.68 bits per heavy atom. The van der Waals surface area contributed by atoms with Crippen molar-refractivity contribution in [3.05, 3.63) is 77.2 Å². The van der Waals surface area contributed by atoms with Crippen molar-refractivity contribution in [3.8, 4) is 5.88 Å². The highest BCUT2D eigenvalue weighted by molar-refractivity contribution is 7.88. The van der Waals surface area contributed by atoms with Crippen molar-refractivity contribution in [2.75, 3.05) is 6.26 Å². The molecule has 28 heavy (non-hydrogen) atoms. The first-order valence-electron chi connectivity index (χ1n) is 8.36. The van der Waals surface area contributed by atoms with Crippen LogP contribution < -0.4 is 9.46 Å². The van der Waals surface area contributed by atoms with E-state index in [1.54, 1.807) is 24.3 Å². The van der Waals surface area contributed by atoms with Gasteiger partial charge in [0.05, 0.1) is 6.26 Å². The van der Waals surface area contributed by atoms with Gasteiger partial charge in [0, 0.05) is 17.7 Å². The number of benzene rings is 1. The molecule has 8 nitrogen and oxygen atoms in total. The topological polar surface area (TPSA) is 98.5 Å². The van der Waals surface area contributed by atoms with Crippen LogP contribution in [-0.4, -0.2) is 40.6 Å². The first kappa shape index (κ1) is 18.5. The molecule has 0 aliphatic heterocycles. The van der Waals surface area contributed by atoms with Crippen LogP contribution in [0.3, 0.4) is 0 Å². The van der Waals surface area contributed by atoms with Gasteiger partial charge in [-0.1, -0.05) is 30.3 Å². The third-order valence-electron chi connectivity index (χ3n) is 4.12. The lowest BCUT2D eigenvalue weighted by molar-refractivity contribution is 0.219. The van der Waals surface area contributed by atoms with E-state index in [0.29, 0.717) is 17.2 Å². The summed E-state index contributed by atoms with van der Waals surface area (Å²) in [5, 5.41) is 12.1. The van der Waals surface area contributed by atoms with Crippen molar-refractivity contribution in [1.82, 2.24) is 24.5 Å². The predicted octanol–water partition coefficient (Wildman–Crippen LogP) is 2.31. The third kappa shape index (κ3) is 4.00. The van der Waals surface area contributed by atoms with E-state index in [1.165, 1.54) is 4.52 Å². The van der Waals surface area contributed by atoms with E-state index in [4.69, 9.17) is 16.3 Å². The van der Waals surface area contributed by atoms with Crippen LogP contribution in [0.2, 0.25) is 5.28 Å². The van der Waals surface area contributed by atoms with Crippen LogP contribution in [0.1, 0.15) is 11.5 Å². The van der Waals surface area contributed by atoms with E-state index >= 15 is 0 Å². The van der Waals surface area contributed by atoms with Gasteiger partial charge in [0.2, 0.25) is 21.2 Å². The Kier molecular flexibility index (Phi) is 4.78. The average Bonchev–Trinajstić information content (AvgIpc) is 3.03. The molecule has 2 unspecified atom stereocenters. The summed E-state index contributed by atoms with van der Waals surface area (Å²) in [4.78, 5) is 0. The largest absolute Gasteiger partial charge is 0.468 e. The Hall–Kier alpha value is -2.91. The number of rotatable bonds is 5. The molecule has 2 atom stereocenters. The zero-order valence-corrected chi connectivity index (χ0v) is 16.3. The molecular weight excluding hydrogens is 402 g/mol. The molecule has 0 fully saturated rings. The fourth-order valence-corrected chi connectivity index (χ4v) is 3.69. The third-order valence-corrected chi connectivity index (χ3v) is 4.97. The lowest BCUT2D eigenvalue weighted by atomic mass is 9.89. The van der Waals surface area contributed by atoms with Gasteiger partial charge in [0.25, 0.3) is 0 Å². The number of nitrogens with one attached hydrogen (secondary N) is 1.